The van der Waals surface area contributed by atoms with Crippen LogP contribution in [0.3, 0.4) is 0 Å². The summed E-state index contributed by atoms with van der Waals surface area (Å²) in [6, 6.07) is 13.0. The van der Waals surface area contributed by atoms with Gasteiger partial charge in [-0.3, -0.25) is 0 Å². The van der Waals surface area contributed by atoms with Gasteiger partial charge in [-0.2, -0.15) is 0 Å². The quantitative estimate of drug-likeness (QED) is 0.556. The van der Waals surface area contributed by atoms with E-state index in [-0.39, 0.29) is 0 Å². The third-order valence-electron chi connectivity index (χ3n) is 4.55. The van der Waals surface area contributed by atoms with Crippen molar-refractivity contribution in [1.29, 1.82) is 0 Å². The van der Waals surface area contributed by atoms with Gasteiger partial charge in [-0.15, -0.1) is 0 Å². The zero-order valence-corrected chi connectivity index (χ0v) is 13.9. The second-order valence-corrected chi connectivity index (χ2v) is 6.34. The van der Waals surface area contributed by atoms with E-state index in [1.54, 1.807) is 0 Å². The first-order valence-corrected chi connectivity index (χ1v) is 7.70. The molecule has 0 nitrogen and oxygen atoms in total. The lowest BCUT2D eigenvalue weighted by Gasteiger charge is -2.14. The molecule has 0 aliphatic rings. The van der Waals surface area contributed by atoms with Crippen molar-refractivity contribution in [3.05, 3.63) is 64.5 Å². The third-order valence-corrected chi connectivity index (χ3v) is 4.55. The minimum atomic E-state index is 1.09. The van der Waals surface area contributed by atoms with Crippen LogP contribution in [-0.4, -0.2) is 0 Å². The first-order chi connectivity index (χ1) is 10.4. The lowest BCUT2D eigenvalue weighted by molar-refractivity contribution is 1.45. The summed E-state index contributed by atoms with van der Waals surface area (Å²) in [5.74, 6) is 0. The summed E-state index contributed by atoms with van der Waals surface area (Å²) in [6.45, 7) is 17.1. The molecule has 0 heterocycles. The first-order valence-electron chi connectivity index (χ1n) is 7.70. The van der Waals surface area contributed by atoms with Crippen LogP contribution in [0.1, 0.15) is 31.9 Å². The van der Waals surface area contributed by atoms with Gasteiger partial charge >= 0.3 is 0 Å². The standard InChI is InChI=1S/C22H22/c1-13(2)17-9-7-11-19-20-12-8-10-18(14(3)4)22(20)16(6)15(5)21(17)19/h7-12H,1,5H2,2-4,6H3. The molecule has 3 aromatic rings. The average Bonchev–Trinajstić information content (AvgIpc) is 2.50. The van der Waals surface area contributed by atoms with Crippen LogP contribution in [0.15, 0.2) is 43.0 Å². The van der Waals surface area contributed by atoms with Crippen molar-refractivity contribution in [3.8, 4) is 0 Å². The van der Waals surface area contributed by atoms with E-state index in [1.165, 1.54) is 43.5 Å². The Balaban J connectivity index is 2.76. The van der Waals surface area contributed by atoms with Crippen LogP contribution < -0.4 is 10.4 Å². The molecule has 3 aromatic carbocycles. The van der Waals surface area contributed by atoms with Crippen LogP contribution >= 0.6 is 0 Å². The van der Waals surface area contributed by atoms with Gasteiger partial charge in [0.15, 0.2) is 0 Å². The average molecular weight is 286 g/mol. The van der Waals surface area contributed by atoms with Gasteiger partial charge in [0, 0.05) is 0 Å². The third kappa shape index (κ3) is 1.99. The normalized spacial score (nSPS) is 11.1. The second kappa shape index (κ2) is 5.14. The molecule has 110 valence electrons. The lowest BCUT2D eigenvalue weighted by atomic mass is 9.90. The van der Waals surface area contributed by atoms with E-state index in [0.717, 1.165) is 10.8 Å². The molecular weight excluding hydrogens is 264 g/mol. The maximum Gasteiger partial charge on any atom is -0.00332 e. The van der Waals surface area contributed by atoms with Gasteiger partial charge in [-0.1, -0.05) is 60.7 Å². The van der Waals surface area contributed by atoms with E-state index < -0.39 is 0 Å². The Hall–Kier alpha value is -2.34. The number of fused-ring (bicyclic) bond motifs is 3. The van der Waals surface area contributed by atoms with Crippen molar-refractivity contribution in [3.63, 3.8) is 0 Å². The topological polar surface area (TPSA) is 0 Å². The van der Waals surface area contributed by atoms with Crippen molar-refractivity contribution >= 4 is 39.3 Å². The van der Waals surface area contributed by atoms with Gasteiger partial charge in [-0.05, 0) is 70.8 Å². The number of aryl methyl sites for hydroxylation is 1. The van der Waals surface area contributed by atoms with E-state index in [1.807, 2.05) is 0 Å². The van der Waals surface area contributed by atoms with Crippen molar-refractivity contribution < 1.29 is 0 Å². The zero-order valence-electron chi connectivity index (χ0n) is 13.9. The molecule has 0 unspecified atom stereocenters. The second-order valence-electron chi connectivity index (χ2n) is 6.34. The van der Waals surface area contributed by atoms with Crippen LogP contribution in [0.2, 0.25) is 0 Å². The molecule has 22 heavy (non-hydrogen) atoms. The van der Waals surface area contributed by atoms with Gasteiger partial charge in [-0.25, -0.2) is 0 Å². The molecule has 0 aliphatic heterocycles. The summed E-state index contributed by atoms with van der Waals surface area (Å²) in [6.07, 6.45) is 0. The predicted molar refractivity (Wildman–Crippen MR) is 100 cm³/mol. The minimum absolute atomic E-state index is 1.09. The molecule has 3 rings (SSSR count). The van der Waals surface area contributed by atoms with E-state index in [9.17, 15) is 0 Å². The molecule has 0 radical (unpaired) electrons. The van der Waals surface area contributed by atoms with Crippen molar-refractivity contribution in [2.24, 2.45) is 0 Å². The minimum Gasteiger partial charge on any atom is -0.0955 e. The molecule has 0 bridgehead atoms. The summed E-state index contributed by atoms with van der Waals surface area (Å²) in [7, 11) is 0. The molecule has 0 amide bonds. The Morgan fingerprint density at radius 3 is 2.05 bits per heavy atom. The Morgan fingerprint density at radius 2 is 1.45 bits per heavy atom. The number of hydrogen-bond acceptors (Lipinski definition) is 0. The molecule has 0 atom stereocenters. The van der Waals surface area contributed by atoms with E-state index >= 15 is 0 Å². The molecule has 0 aliphatic carbocycles. The number of hydrogen-bond donors (Lipinski definition) is 0. The Labute approximate surface area is 132 Å². The highest BCUT2D eigenvalue weighted by Crippen LogP contribution is 2.28. The largest absolute Gasteiger partial charge is 0.0955 e. The molecule has 0 fully saturated rings. The molecule has 0 saturated heterocycles. The molecular formula is C22H22. The predicted octanol–water partition coefficient (Wildman–Crippen LogP) is 4.94. The highest BCUT2D eigenvalue weighted by atomic mass is 14.1. The van der Waals surface area contributed by atoms with Crippen LogP contribution in [-0.2, 0) is 0 Å². The highest BCUT2D eigenvalue weighted by Gasteiger charge is 2.10. The monoisotopic (exact) mass is 286 g/mol. The molecule has 0 N–H and O–H groups in total. The first kappa shape index (κ1) is 14.6. The number of allylic oxidation sites excluding steroid dienone is 1. The Bertz CT molecular complexity index is 1030. The van der Waals surface area contributed by atoms with Gasteiger partial charge in [0.05, 0.1) is 0 Å². The van der Waals surface area contributed by atoms with Crippen molar-refractivity contribution in [2.75, 3.05) is 0 Å². The van der Waals surface area contributed by atoms with Crippen molar-refractivity contribution in [1.82, 2.24) is 0 Å². The molecule has 0 saturated carbocycles. The Kier molecular flexibility index (Phi) is 3.41. The summed E-state index contributed by atoms with van der Waals surface area (Å²) in [5.41, 5.74) is 4.90. The summed E-state index contributed by atoms with van der Waals surface area (Å²) < 4.78 is 0. The molecule has 0 aromatic heterocycles. The smallest absolute Gasteiger partial charge is 0.00332 e. The maximum atomic E-state index is 4.39. The fourth-order valence-corrected chi connectivity index (χ4v) is 3.39. The molecule has 0 heteroatoms. The Morgan fingerprint density at radius 1 is 0.864 bits per heavy atom. The number of benzene rings is 3. The number of rotatable bonds is 1. The van der Waals surface area contributed by atoms with Gasteiger partial charge in [0.1, 0.15) is 0 Å². The summed E-state index contributed by atoms with van der Waals surface area (Å²) in [5, 5.41) is 7.60. The SMILES string of the molecule is C=C(C)c1cccc2c1c(=C)c(C)c1c(=C(C)C)cccc12. The van der Waals surface area contributed by atoms with Crippen LogP contribution in [0, 0.1) is 6.92 Å². The van der Waals surface area contributed by atoms with Crippen LogP contribution in [0.25, 0.3) is 39.3 Å². The van der Waals surface area contributed by atoms with Gasteiger partial charge in [0.25, 0.3) is 0 Å². The van der Waals surface area contributed by atoms with E-state index in [2.05, 4.69) is 77.3 Å². The fourth-order valence-electron chi connectivity index (χ4n) is 3.39. The zero-order chi connectivity index (χ0) is 16.0. The maximum absolute atomic E-state index is 4.39. The lowest BCUT2D eigenvalue weighted by Crippen LogP contribution is -2.14. The van der Waals surface area contributed by atoms with Gasteiger partial charge in [0.2, 0.25) is 0 Å². The van der Waals surface area contributed by atoms with Crippen LogP contribution in [0.5, 0.6) is 0 Å². The van der Waals surface area contributed by atoms with Gasteiger partial charge < -0.3 is 0 Å². The van der Waals surface area contributed by atoms with Crippen molar-refractivity contribution in [2.45, 2.75) is 27.7 Å². The summed E-state index contributed by atoms with van der Waals surface area (Å²) in [4.78, 5) is 0. The van der Waals surface area contributed by atoms with E-state index in [4.69, 9.17) is 0 Å². The highest BCUT2D eigenvalue weighted by molar-refractivity contribution is 6.12. The van der Waals surface area contributed by atoms with E-state index in [0.29, 0.717) is 0 Å². The molecule has 0 spiro atoms. The summed E-state index contributed by atoms with van der Waals surface area (Å²) >= 11 is 0. The fraction of sp³-hybridized carbons (Fsp3) is 0.182. The van der Waals surface area contributed by atoms with Crippen LogP contribution in [0.4, 0.5) is 0 Å².